The number of nitrogens with zero attached hydrogens (tertiary/aromatic N) is 2. The van der Waals surface area contributed by atoms with Gasteiger partial charge in [0.05, 0.1) is 6.54 Å². The summed E-state index contributed by atoms with van der Waals surface area (Å²) in [5.74, 6) is 0.650. The van der Waals surface area contributed by atoms with Crippen LogP contribution < -0.4 is 5.43 Å². The first-order chi connectivity index (χ1) is 3.39. The first kappa shape index (κ1) is 4.62. The van der Waals surface area contributed by atoms with E-state index >= 15 is 0 Å². The third kappa shape index (κ3) is 1.18. The van der Waals surface area contributed by atoms with Gasteiger partial charge in [0.1, 0.15) is 0 Å². The maximum Gasteiger partial charge on any atom is 0.0609 e. The van der Waals surface area contributed by atoms with E-state index in [1.54, 1.807) is 0 Å². The molecule has 0 aromatic carbocycles. The van der Waals surface area contributed by atoms with Crippen LogP contribution in [0.15, 0.2) is 5.10 Å². The monoisotopic (exact) mass is 97.1 g/mol. The summed E-state index contributed by atoms with van der Waals surface area (Å²) >= 11 is 0. The molecule has 1 rings (SSSR count). The molecule has 2 heteroatoms. The van der Waals surface area contributed by atoms with Crippen molar-refractivity contribution in [1.29, 1.82) is 0 Å². The van der Waals surface area contributed by atoms with Crippen molar-refractivity contribution >= 4 is 6.21 Å². The zero-order chi connectivity index (χ0) is 5.11. The minimum atomic E-state index is 0.650. The Hall–Kier alpha value is -0.530. The van der Waals surface area contributed by atoms with Crippen LogP contribution in [0.5, 0.6) is 0 Å². The van der Waals surface area contributed by atoms with Gasteiger partial charge in [-0.05, 0) is 12.3 Å². The minimum Gasteiger partial charge on any atom is -0.190 e. The van der Waals surface area contributed by atoms with Gasteiger partial charge >= 0.3 is 0 Å². The van der Waals surface area contributed by atoms with Gasteiger partial charge in [0, 0.05) is 6.21 Å². The number of rotatable bonds is 0. The highest BCUT2D eigenvalue weighted by Gasteiger charge is 2.01. The minimum absolute atomic E-state index is 0.650. The Morgan fingerprint density at radius 1 is 1.71 bits per heavy atom. The van der Waals surface area contributed by atoms with Gasteiger partial charge in [0.15, 0.2) is 0 Å². The summed E-state index contributed by atoms with van der Waals surface area (Å²) in [5, 5.41) is 3.76. The third-order valence-corrected chi connectivity index (χ3v) is 1.09. The average molecular weight is 97.1 g/mol. The first-order valence-electron chi connectivity index (χ1n) is 2.59. The zero-order valence-electron chi connectivity index (χ0n) is 4.46. The molecule has 1 heterocycles. The lowest BCUT2D eigenvalue weighted by atomic mass is 10.1. The van der Waals surface area contributed by atoms with E-state index in [-0.39, 0.29) is 0 Å². The predicted octanol–water partition coefficient (Wildman–Crippen LogP) is 0.616. The molecule has 1 radical (unpaired) electrons. The third-order valence-electron chi connectivity index (χ3n) is 1.09. The van der Waals surface area contributed by atoms with Crippen molar-refractivity contribution in [2.45, 2.75) is 13.3 Å². The highest BCUT2D eigenvalue weighted by Crippen LogP contribution is 1.99. The van der Waals surface area contributed by atoms with Gasteiger partial charge in [0.25, 0.3) is 0 Å². The second-order valence-corrected chi connectivity index (χ2v) is 1.90. The molecule has 7 heavy (non-hydrogen) atoms. The maximum atomic E-state index is 3.80. The average Bonchev–Trinajstić information content (AvgIpc) is 1.69. The fourth-order valence-corrected chi connectivity index (χ4v) is 0.555. The van der Waals surface area contributed by atoms with Crippen LogP contribution in [0, 0.1) is 5.92 Å². The molecule has 1 unspecified atom stereocenters. The van der Waals surface area contributed by atoms with Crippen LogP contribution in [-0.4, -0.2) is 12.8 Å². The van der Waals surface area contributed by atoms with E-state index < -0.39 is 0 Å². The summed E-state index contributed by atoms with van der Waals surface area (Å²) in [6.45, 7) is 3.07. The van der Waals surface area contributed by atoms with Gasteiger partial charge in [-0.3, -0.25) is 0 Å². The second-order valence-electron chi connectivity index (χ2n) is 1.90. The molecular formula is C5H9N2. The van der Waals surface area contributed by atoms with E-state index in [0.717, 1.165) is 6.54 Å². The summed E-state index contributed by atoms with van der Waals surface area (Å²) in [7, 11) is 0. The fourth-order valence-electron chi connectivity index (χ4n) is 0.555. The Balaban J connectivity index is 2.36. The number of hydrogen-bond donors (Lipinski definition) is 0. The molecule has 0 amide bonds. The molecule has 1 aliphatic heterocycles. The molecule has 0 spiro atoms. The molecular weight excluding hydrogens is 88.1 g/mol. The highest BCUT2D eigenvalue weighted by molar-refractivity contribution is 5.60. The van der Waals surface area contributed by atoms with Crippen molar-refractivity contribution in [2.75, 3.05) is 6.54 Å². The smallest absolute Gasteiger partial charge is 0.0609 e. The Kier molecular flexibility index (Phi) is 1.29. The maximum absolute atomic E-state index is 3.80. The van der Waals surface area contributed by atoms with Gasteiger partial charge < -0.3 is 0 Å². The first-order valence-corrected chi connectivity index (χ1v) is 2.59. The van der Waals surface area contributed by atoms with E-state index in [9.17, 15) is 0 Å². The summed E-state index contributed by atoms with van der Waals surface area (Å²) < 4.78 is 0. The molecule has 0 aromatic heterocycles. The lowest BCUT2D eigenvalue weighted by Gasteiger charge is -2.06. The quantitative estimate of drug-likeness (QED) is 0.423. The Bertz CT molecular complexity index is 78.1. The summed E-state index contributed by atoms with van der Waals surface area (Å²) in [6.07, 6.45) is 3.06. The van der Waals surface area contributed by atoms with E-state index in [1.807, 2.05) is 6.21 Å². The van der Waals surface area contributed by atoms with Gasteiger partial charge in [0.2, 0.25) is 0 Å². The molecule has 0 aliphatic carbocycles. The molecule has 0 N–H and O–H groups in total. The highest BCUT2D eigenvalue weighted by atomic mass is 15.3. The van der Waals surface area contributed by atoms with Crippen LogP contribution in [0.3, 0.4) is 0 Å². The van der Waals surface area contributed by atoms with Crippen molar-refractivity contribution in [3.8, 4) is 0 Å². The van der Waals surface area contributed by atoms with Gasteiger partial charge in [-0.2, -0.15) is 10.5 Å². The van der Waals surface area contributed by atoms with Crippen LogP contribution in [0.4, 0.5) is 0 Å². The molecule has 0 fully saturated rings. The lowest BCUT2D eigenvalue weighted by Crippen LogP contribution is -2.12. The topological polar surface area (TPSA) is 26.5 Å². The van der Waals surface area contributed by atoms with E-state index in [4.69, 9.17) is 0 Å². The predicted molar refractivity (Wildman–Crippen MR) is 29.3 cm³/mol. The number of hydrogen-bond acceptors (Lipinski definition) is 1. The fraction of sp³-hybridized carbons (Fsp3) is 0.800. The standard InChI is InChI=1S/C5H9N2/c1-5-2-3-6-7-4-5/h4-5H,2-3H2,1H3. The van der Waals surface area contributed by atoms with Crippen LogP contribution in [0.25, 0.3) is 0 Å². The largest absolute Gasteiger partial charge is 0.190 e. The van der Waals surface area contributed by atoms with Crippen LogP contribution in [-0.2, 0) is 0 Å². The molecule has 0 saturated heterocycles. The van der Waals surface area contributed by atoms with E-state index in [2.05, 4.69) is 17.5 Å². The van der Waals surface area contributed by atoms with Crippen molar-refractivity contribution in [3.05, 3.63) is 0 Å². The zero-order valence-corrected chi connectivity index (χ0v) is 4.46. The molecule has 1 atom stereocenters. The molecule has 39 valence electrons. The molecule has 0 aromatic rings. The Labute approximate surface area is 43.6 Å². The lowest BCUT2D eigenvalue weighted by molar-refractivity contribution is 0.574. The molecule has 2 nitrogen and oxygen atoms in total. The normalized spacial score (nSPS) is 29.6. The van der Waals surface area contributed by atoms with Crippen molar-refractivity contribution in [1.82, 2.24) is 5.43 Å². The second kappa shape index (κ2) is 1.96. The van der Waals surface area contributed by atoms with Crippen LogP contribution in [0.1, 0.15) is 13.3 Å². The van der Waals surface area contributed by atoms with Gasteiger partial charge in [-0.15, -0.1) is 0 Å². The van der Waals surface area contributed by atoms with Crippen molar-refractivity contribution in [3.63, 3.8) is 0 Å². The van der Waals surface area contributed by atoms with Gasteiger partial charge in [-0.1, -0.05) is 6.92 Å². The molecule has 0 saturated carbocycles. The van der Waals surface area contributed by atoms with Crippen LogP contribution >= 0.6 is 0 Å². The summed E-state index contributed by atoms with van der Waals surface area (Å²) in [5.41, 5.74) is 3.80. The summed E-state index contributed by atoms with van der Waals surface area (Å²) in [6, 6.07) is 0. The van der Waals surface area contributed by atoms with Crippen molar-refractivity contribution < 1.29 is 0 Å². The molecule has 1 aliphatic rings. The Morgan fingerprint density at radius 3 is 2.86 bits per heavy atom. The SMILES string of the molecule is CC1C=N[N]CC1. The van der Waals surface area contributed by atoms with Crippen molar-refractivity contribution in [2.24, 2.45) is 11.0 Å². The molecule has 0 bridgehead atoms. The van der Waals surface area contributed by atoms with Crippen LogP contribution in [0.2, 0.25) is 0 Å². The van der Waals surface area contributed by atoms with E-state index in [0.29, 0.717) is 5.92 Å². The Morgan fingerprint density at radius 2 is 2.57 bits per heavy atom. The van der Waals surface area contributed by atoms with Gasteiger partial charge in [-0.25, -0.2) is 0 Å². The van der Waals surface area contributed by atoms with E-state index in [1.165, 1.54) is 6.42 Å². The summed E-state index contributed by atoms with van der Waals surface area (Å²) in [4.78, 5) is 0.